The van der Waals surface area contributed by atoms with Crippen molar-refractivity contribution in [3.8, 4) is 17.0 Å². The molecule has 176 valence electrons. The van der Waals surface area contributed by atoms with Crippen molar-refractivity contribution in [3.05, 3.63) is 66.1 Å². The van der Waals surface area contributed by atoms with Crippen LogP contribution in [0.15, 0.2) is 54.7 Å². The second-order valence-electron chi connectivity index (χ2n) is 8.11. The number of hydrogen-bond donors (Lipinski definition) is 2. The summed E-state index contributed by atoms with van der Waals surface area (Å²) in [6.45, 7) is 2.64. The maximum atomic E-state index is 13.5. The molecule has 1 aromatic heterocycles. The monoisotopic (exact) mass is 463 g/mol. The quantitative estimate of drug-likeness (QED) is 0.582. The number of aromatic nitrogens is 2. The average Bonchev–Trinajstić information content (AvgIpc) is 2.86. The van der Waals surface area contributed by atoms with Crippen molar-refractivity contribution in [2.24, 2.45) is 5.92 Å². The molecular formula is C25H26FN5O3. The number of carbonyl (C=O) groups is 2. The van der Waals surface area contributed by atoms with Crippen LogP contribution in [0.1, 0.15) is 18.4 Å². The number of urea groups is 1. The maximum absolute atomic E-state index is 13.5. The summed E-state index contributed by atoms with van der Waals surface area (Å²) in [5, 5.41) is 5.55. The van der Waals surface area contributed by atoms with Crippen LogP contribution in [0.5, 0.6) is 5.75 Å². The lowest BCUT2D eigenvalue weighted by molar-refractivity contribution is -0.121. The molecule has 0 saturated carbocycles. The summed E-state index contributed by atoms with van der Waals surface area (Å²) in [6, 6.07) is 13.2. The van der Waals surface area contributed by atoms with Crippen LogP contribution in [0.25, 0.3) is 11.3 Å². The van der Waals surface area contributed by atoms with Gasteiger partial charge >= 0.3 is 6.03 Å². The summed E-state index contributed by atoms with van der Waals surface area (Å²) >= 11 is 0. The SMILES string of the molecule is COc1ccccc1-c1ccnc(NC(=O)N2CCC(C(=O)Nc3cc(F)ccc3C)CC2)n1. The molecule has 0 bridgehead atoms. The second-order valence-corrected chi connectivity index (χ2v) is 8.11. The summed E-state index contributed by atoms with van der Waals surface area (Å²) in [5.41, 5.74) is 2.69. The molecular weight excluding hydrogens is 437 g/mol. The highest BCUT2D eigenvalue weighted by Gasteiger charge is 2.28. The molecule has 34 heavy (non-hydrogen) atoms. The largest absolute Gasteiger partial charge is 0.496 e. The highest BCUT2D eigenvalue weighted by atomic mass is 19.1. The first kappa shape index (κ1) is 23.2. The maximum Gasteiger partial charge on any atom is 0.324 e. The van der Waals surface area contributed by atoms with Gasteiger partial charge < -0.3 is 15.0 Å². The third kappa shape index (κ3) is 5.31. The number of piperidine rings is 1. The van der Waals surface area contributed by atoms with E-state index in [1.54, 1.807) is 30.3 Å². The number of para-hydroxylation sites is 1. The molecule has 2 N–H and O–H groups in total. The van der Waals surface area contributed by atoms with Gasteiger partial charge in [-0.25, -0.2) is 19.2 Å². The smallest absolute Gasteiger partial charge is 0.324 e. The van der Waals surface area contributed by atoms with Gasteiger partial charge in [0.15, 0.2) is 0 Å². The van der Waals surface area contributed by atoms with E-state index in [0.29, 0.717) is 43.1 Å². The fourth-order valence-electron chi connectivity index (χ4n) is 3.91. The number of hydrogen-bond acceptors (Lipinski definition) is 5. The number of amides is 3. The third-order valence-corrected chi connectivity index (χ3v) is 5.87. The molecule has 2 aromatic carbocycles. The minimum atomic E-state index is -0.399. The number of likely N-dealkylation sites (tertiary alicyclic amines) is 1. The Labute approximate surface area is 197 Å². The van der Waals surface area contributed by atoms with Crippen LogP contribution in [-0.2, 0) is 4.79 Å². The van der Waals surface area contributed by atoms with Gasteiger partial charge in [-0.3, -0.25) is 10.1 Å². The van der Waals surface area contributed by atoms with E-state index in [9.17, 15) is 14.0 Å². The normalized spacial score (nSPS) is 13.9. The molecule has 2 heterocycles. The van der Waals surface area contributed by atoms with Gasteiger partial charge in [-0.05, 0) is 55.7 Å². The predicted molar refractivity (Wildman–Crippen MR) is 127 cm³/mol. The van der Waals surface area contributed by atoms with E-state index >= 15 is 0 Å². The molecule has 0 radical (unpaired) electrons. The van der Waals surface area contributed by atoms with Gasteiger partial charge in [-0.1, -0.05) is 18.2 Å². The summed E-state index contributed by atoms with van der Waals surface area (Å²) in [4.78, 5) is 35.6. The lowest BCUT2D eigenvalue weighted by Crippen LogP contribution is -2.43. The van der Waals surface area contributed by atoms with Gasteiger partial charge in [0.2, 0.25) is 11.9 Å². The summed E-state index contributed by atoms with van der Waals surface area (Å²) in [6.07, 6.45) is 2.60. The van der Waals surface area contributed by atoms with Gasteiger partial charge in [-0.2, -0.15) is 0 Å². The first-order chi connectivity index (χ1) is 16.4. The van der Waals surface area contributed by atoms with Gasteiger partial charge in [0.05, 0.1) is 12.8 Å². The molecule has 3 aromatic rings. The lowest BCUT2D eigenvalue weighted by atomic mass is 9.96. The van der Waals surface area contributed by atoms with Crippen molar-refractivity contribution >= 4 is 23.6 Å². The molecule has 1 aliphatic heterocycles. The van der Waals surface area contributed by atoms with E-state index < -0.39 is 5.82 Å². The number of nitrogens with one attached hydrogen (secondary N) is 2. The molecule has 8 nitrogen and oxygen atoms in total. The van der Waals surface area contributed by atoms with Crippen LogP contribution >= 0.6 is 0 Å². The zero-order valence-corrected chi connectivity index (χ0v) is 19.0. The number of benzene rings is 2. The number of halogens is 1. The minimum Gasteiger partial charge on any atom is -0.496 e. The first-order valence-corrected chi connectivity index (χ1v) is 11.0. The number of ether oxygens (including phenoxy) is 1. The van der Waals surface area contributed by atoms with E-state index in [1.165, 1.54) is 12.1 Å². The van der Waals surface area contributed by atoms with Crippen molar-refractivity contribution in [2.45, 2.75) is 19.8 Å². The third-order valence-electron chi connectivity index (χ3n) is 5.87. The van der Waals surface area contributed by atoms with E-state index in [-0.39, 0.29) is 23.8 Å². The van der Waals surface area contributed by atoms with Crippen LogP contribution in [0.2, 0.25) is 0 Å². The molecule has 1 fully saturated rings. The van der Waals surface area contributed by atoms with Crippen molar-refractivity contribution < 1.29 is 18.7 Å². The number of methoxy groups -OCH3 is 1. The summed E-state index contributed by atoms with van der Waals surface area (Å²) < 4.78 is 18.9. The second kappa shape index (κ2) is 10.3. The highest BCUT2D eigenvalue weighted by Crippen LogP contribution is 2.28. The summed E-state index contributed by atoms with van der Waals surface area (Å²) in [5.74, 6) is 0.0462. The molecule has 1 saturated heterocycles. The van der Waals surface area contributed by atoms with Crippen LogP contribution in [0, 0.1) is 18.7 Å². The van der Waals surface area contributed by atoms with Gasteiger partial charge in [0, 0.05) is 36.5 Å². The first-order valence-electron chi connectivity index (χ1n) is 11.0. The van der Waals surface area contributed by atoms with Crippen LogP contribution in [0.3, 0.4) is 0 Å². The van der Waals surface area contributed by atoms with E-state index in [1.807, 2.05) is 31.2 Å². The van der Waals surface area contributed by atoms with E-state index in [0.717, 1.165) is 11.1 Å². The van der Waals surface area contributed by atoms with Crippen molar-refractivity contribution in [1.29, 1.82) is 0 Å². The zero-order valence-electron chi connectivity index (χ0n) is 19.0. The Kier molecular flexibility index (Phi) is 7.01. The zero-order chi connectivity index (χ0) is 24.1. The number of anilines is 2. The van der Waals surface area contributed by atoms with Crippen LogP contribution < -0.4 is 15.4 Å². The molecule has 9 heteroatoms. The Hall–Kier alpha value is -4.01. The van der Waals surface area contributed by atoms with Gasteiger partial charge in [0.1, 0.15) is 11.6 Å². The fraction of sp³-hybridized carbons (Fsp3) is 0.280. The summed E-state index contributed by atoms with van der Waals surface area (Å²) in [7, 11) is 1.59. The van der Waals surface area contributed by atoms with Crippen LogP contribution in [-0.4, -0.2) is 47.0 Å². The highest BCUT2D eigenvalue weighted by molar-refractivity contribution is 5.93. The topological polar surface area (TPSA) is 96.5 Å². The minimum absolute atomic E-state index is 0.165. The molecule has 0 atom stereocenters. The van der Waals surface area contributed by atoms with Crippen molar-refractivity contribution in [1.82, 2.24) is 14.9 Å². The van der Waals surface area contributed by atoms with E-state index in [2.05, 4.69) is 20.6 Å². The Morgan fingerprint density at radius 3 is 2.62 bits per heavy atom. The molecule has 0 aliphatic carbocycles. The number of carbonyl (C=O) groups excluding carboxylic acids is 2. The van der Waals surface area contributed by atoms with E-state index in [4.69, 9.17) is 4.74 Å². The van der Waals surface area contributed by atoms with Crippen molar-refractivity contribution in [2.75, 3.05) is 30.8 Å². The number of rotatable bonds is 5. The average molecular weight is 464 g/mol. The van der Waals surface area contributed by atoms with Gasteiger partial charge in [0.25, 0.3) is 0 Å². The predicted octanol–water partition coefficient (Wildman–Crippen LogP) is 4.48. The molecule has 3 amide bonds. The standard InChI is InChI=1S/C25H26FN5O3/c1-16-7-8-18(26)15-21(16)28-23(32)17-10-13-31(14-11-17)25(33)30-24-27-12-9-20(29-24)19-5-3-4-6-22(19)34-2/h3-9,12,15,17H,10-11,13-14H2,1-2H3,(H,28,32)(H,27,29,30,33). The lowest BCUT2D eigenvalue weighted by Gasteiger charge is -2.31. The molecule has 4 rings (SSSR count). The van der Waals surface area contributed by atoms with Crippen molar-refractivity contribution in [3.63, 3.8) is 0 Å². The number of nitrogens with zero attached hydrogens (tertiary/aromatic N) is 3. The molecule has 0 spiro atoms. The molecule has 1 aliphatic rings. The Morgan fingerprint density at radius 2 is 1.85 bits per heavy atom. The number of aryl methyl sites for hydroxylation is 1. The van der Waals surface area contributed by atoms with Crippen LogP contribution in [0.4, 0.5) is 20.8 Å². The Morgan fingerprint density at radius 1 is 1.09 bits per heavy atom. The Bertz CT molecular complexity index is 1190. The Balaban J connectivity index is 1.34. The molecule has 0 unspecified atom stereocenters. The van der Waals surface area contributed by atoms with Gasteiger partial charge in [-0.15, -0.1) is 0 Å². The fourth-order valence-corrected chi connectivity index (χ4v) is 3.91.